The van der Waals surface area contributed by atoms with E-state index in [1.54, 1.807) is 38.1 Å². The predicted molar refractivity (Wildman–Crippen MR) is 174 cm³/mol. The van der Waals surface area contributed by atoms with E-state index in [1.165, 1.54) is 23.0 Å². The van der Waals surface area contributed by atoms with Crippen molar-refractivity contribution in [3.63, 3.8) is 0 Å². The van der Waals surface area contributed by atoms with E-state index in [-0.39, 0.29) is 24.3 Å². The molecule has 4 rings (SSSR count). The molecular formula is C34H40N2O9S. The molecule has 0 fully saturated rings. The zero-order chi connectivity index (χ0) is 33.2. The van der Waals surface area contributed by atoms with Crippen LogP contribution in [0.5, 0.6) is 23.0 Å². The first-order valence-corrected chi connectivity index (χ1v) is 16.1. The van der Waals surface area contributed by atoms with Gasteiger partial charge in [-0.15, -0.1) is 0 Å². The van der Waals surface area contributed by atoms with Crippen LogP contribution in [-0.2, 0) is 19.1 Å². The van der Waals surface area contributed by atoms with Crippen molar-refractivity contribution in [3.05, 3.63) is 78.5 Å². The van der Waals surface area contributed by atoms with Gasteiger partial charge in [0.05, 0.1) is 55.4 Å². The Morgan fingerprint density at radius 1 is 0.913 bits per heavy atom. The van der Waals surface area contributed by atoms with Crippen molar-refractivity contribution in [2.24, 2.45) is 4.99 Å². The Morgan fingerprint density at radius 2 is 1.61 bits per heavy atom. The fourth-order valence-corrected chi connectivity index (χ4v) is 5.91. The Kier molecular flexibility index (Phi) is 12.0. The quantitative estimate of drug-likeness (QED) is 0.174. The molecule has 12 heteroatoms. The highest BCUT2D eigenvalue weighted by molar-refractivity contribution is 7.07. The van der Waals surface area contributed by atoms with Gasteiger partial charge >= 0.3 is 11.9 Å². The highest BCUT2D eigenvalue weighted by Crippen LogP contribution is 2.36. The fourth-order valence-electron chi connectivity index (χ4n) is 4.86. The molecule has 2 heterocycles. The number of carbonyl (C=O) groups excluding carboxylic acids is 2. The first-order valence-electron chi connectivity index (χ1n) is 15.3. The van der Waals surface area contributed by atoms with Gasteiger partial charge in [0.15, 0.2) is 34.4 Å². The van der Waals surface area contributed by atoms with E-state index in [2.05, 4.69) is 16.7 Å². The molecule has 0 N–H and O–H groups in total. The second kappa shape index (κ2) is 16.1. The second-order valence-electron chi connectivity index (χ2n) is 10.1. The van der Waals surface area contributed by atoms with Gasteiger partial charge in [-0.2, -0.15) is 0 Å². The number of methoxy groups -OCH3 is 1. The number of rotatable bonds is 15. The van der Waals surface area contributed by atoms with E-state index in [4.69, 9.17) is 23.7 Å². The lowest BCUT2D eigenvalue weighted by Gasteiger charge is -2.25. The number of unbranched alkanes of at least 4 members (excludes halogenated alkanes) is 1. The summed E-state index contributed by atoms with van der Waals surface area (Å²) >= 11 is 1.22. The van der Waals surface area contributed by atoms with Gasteiger partial charge in [0.2, 0.25) is 0 Å². The summed E-state index contributed by atoms with van der Waals surface area (Å²) in [6.45, 7) is 10.5. The highest BCUT2D eigenvalue weighted by atomic mass is 32.1. The number of aromatic nitrogens is 1. The lowest BCUT2D eigenvalue weighted by atomic mass is 9.95. The summed E-state index contributed by atoms with van der Waals surface area (Å²) in [6, 6.07) is 9.75. The van der Waals surface area contributed by atoms with Crippen molar-refractivity contribution >= 4 is 29.4 Å². The Balaban J connectivity index is 1.84. The zero-order valence-electron chi connectivity index (χ0n) is 27.0. The third-order valence-corrected chi connectivity index (χ3v) is 7.98. The summed E-state index contributed by atoms with van der Waals surface area (Å²) in [7, 11) is 1.27. The number of nitrogens with zero attached hydrogens (tertiary/aromatic N) is 2. The van der Waals surface area contributed by atoms with Crippen LogP contribution < -0.4 is 33.8 Å². The van der Waals surface area contributed by atoms with Gasteiger partial charge in [0.1, 0.15) is 0 Å². The van der Waals surface area contributed by atoms with Crippen LogP contribution in [0.15, 0.2) is 57.5 Å². The van der Waals surface area contributed by atoms with Crippen LogP contribution in [0.2, 0.25) is 0 Å². The maximum atomic E-state index is 14.1. The number of allylic oxidation sites excluding steroid dienone is 1. The number of esters is 2. The standard InChI is InChI=1S/C34H40N2O9S/c1-7-11-16-44-24-14-12-22(17-26(24)41-8-2)18-28-32(38)36-31(30(33(39)43-10-4)21(5)35-34(36)46-28)23-13-15-25(27(19-23)42-9-3)45-20-29(37)40-6/h12-15,17-19,31H,7-11,16,20H2,1-6H3/b28-18-/t31-/m0/s1. The zero-order valence-corrected chi connectivity index (χ0v) is 27.9. The number of ether oxygens (including phenoxy) is 6. The minimum Gasteiger partial charge on any atom is -0.490 e. The Hall–Kier alpha value is -4.58. The first-order chi connectivity index (χ1) is 22.3. The molecule has 0 unspecified atom stereocenters. The fraction of sp³-hybridized carbons (Fsp3) is 0.412. The van der Waals surface area contributed by atoms with Gasteiger partial charge in [-0.05, 0) is 75.6 Å². The van der Waals surface area contributed by atoms with Gasteiger partial charge in [-0.25, -0.2) is 14.6 Å². The van der Waals surface area contributed by atoms with E-state index in [9.17, 15) is 14.4 Å². The summed E-state index contributed by atoms with van der Waals surface area (Å²) in [4.78, 5) is 44.2. The van der Waals surface area contributed by atoms with E-state index < -0.39 is 18.0 Å². The van der Waals surface area contributed by atoms with E-state index in [1.807, 2.05) is 32.0 Å². The summed E-state index contributed by atoms with van der Waals surface area (Å²) in [5.74, 6) is 0.771. The number of carbonyl (C=O) groups is 2. The average Bonchev–Trinajstić information content (AvgIpc) is 3.34. The SMILES string of the molecule is CCCCOc1ccc(/C=c2\sc3n(c2=O)[C@@H](c2ccc(OCC(=O)OC)c(OCC)c2)C(C(=O)OCC)=C(C)N=3)cc1OCC. The molecule has 0 spiro atoms. The monoisotopic (exact) mass is 652 g/mol. The summed E-state index contributed by atoms with van der Waals surface area (Å²) < 4.78 is 35.2. The Labute approximate surface area is 271 Å². The van der Waals surface area contributed by atoms with E-state index >= 15 is 0 Å². The molecule has 2 aromatic carbocycles. The van der Waals surface area contributed by atoms with Crippen LogP contribution in [0.25, 0.3) is 6.08 Å². The molecule has 1 aliphatic rings. The van der Waals surface area contributed by atoms with Crippen molar-refractivity contribution in [1.29, 1.82) is 0 Å². The van der Waals surface area contributed by atoms with E-state index in [0.29, 0.717) is 63.4 Å². The maximum absolute atomic E-state index is 14.1. The van der Waals surface area contributed by atoms with Crippen molar-refractivity contribution in [2.75, 3.05) is 40.1 Å². The molecular weight excluding hydrogens is 612 g/mol. The third-order valence-electron chi connectivity index (χ3n) is 6.99. The van der Waals surface area contributed by atoms with Crippen molar-refractivity contribution in [1.82, 2.24) is 4.57 Å². The molecule has 0 radical (unpaired) electrons. The van der Waals surface area contributed by atoms with Gasteiger partial charge in [0.25, 0.3) is 5.56 Å². The lowest BCUT2D eigenvalue weighted by Crippen LogP contribution is -2.40. The molecule has 0 amide bonds. The number of hydrogen-bond donors (Lipinski definition) is 0. The normalized spacial score (nSPS) is 14.3. The van der Waals surface area contributed by atoms with E-state index in [0.717, 1.165) is 18.4 Å². The minimum atomic E-state index is -0.861. The topological polar surface area (TPSA) is 124 Å². The number of fused-ring (bicyclic) bond motifs is 1. The molecule has 1 atom stereocenters. The van der Waals surface area contributed by atoms with Crippen molar-refractivity contribution in [2.45, 2.75) is 53.5 Å². The molecule has 0 aliphatic carbocycles. The van der Waals surface area contributed by atoms with Crippen LogP contribution in [0, 0.1) is 0 Å². The van der Waals surface area contributed by atoms with Crippen molar-refractivity contribution < 1.29 is 38.0 Å². The molecule has 0 bridgehead atoms. The number of hydrogen-bond acceptors (Lipinski definition) is 11. The molecule has 1 aliphatic heterocycles. The maximum Gasteiger partial charge on any atom is 0.343 e. The van der Waals surface area contributed by atoms with Crippen LogP contribution in [-0.4, -0.2) is 56.6 Å². The molecule has 0 saturated heterocycles. The summed E-state index contributed by atoms with van der Waals surface area (Å²) in [5, 5.41) is 0. The second-order valence-corrected chi connectivity index (χ2v) is 11.2. The molecule has 3 aromatic rings. The molecule has 11 nitrogen and oxygen atoms in total. The van der Waals surface area contributed by atoms with Gasteiger partial charge in [-0.1, -0.05) is 36.8 Å². The molecule has 0 saturated carbocycles. The average molecular weight is 653 g/mol. The Morgan fingerprint density at radius 3 is 2.28 bits per heavy atom. The predicted octanol–water partition coefficient (Wildman–Crippen LogP) is 4.33. The van der Waals surface area contributed by atoms with Gasteiger partial charge in [-0.3, -0.25) is 9.36 Å². The van der Waals surface area contributed by atoms with Crippen LogP contribution in [0.3, 0.4) is 0 Å². The first kappa shape index (κ1) is 34.3. The number of benzene rings is 2. The smallest absolute Gasteiger partial charge is 0.343 e. The Bertz CT molecular complexity index is 1770. The van der Waals surface area contributed by atoms with Crippen LogP contribution in [0.1, 0.15) is 64.6 Å². The molecule has 46 heavy (non-hydrogen) atoms. The minimum absolute atomic E-state index is 0.150. The summed E-state index contributed by atoms with van der Waals surface area (Å²) in [5.41, 5.74) is 1.67. The van der Waals surface area contributed by atoms with Gasteiger partial charge < -0.3 is 28.4 Å². The lowest BCUT2D eigenvalue weighted by molar-refractivity contribution is -0.143. The van der Waals surface area contributed by atoms with Gasteiger partial charge in [0, 0.05) is 0 Å². The van der Waals surface area contributed by atoms with Crippen LogP contribution in [0.4, 0.5) is 0 Å². The summed E-state index contributed by atoms with van der Waals surface area (Å²) in [6.07, 6.45) is 3.72. The third kappa shape index (κ3) is 7.79. The molecule has 246 valence electrons. The number of thiazole rings is 1. The van der Waals surface area contributed by atoms with Crippen molar-refractivity contribution in [3.8, 4) is 23.0 Å². The molecule has 1 aromatic heterocycles. The largest absolute Gasteiger partial charge is 0.490 e. The van der Waals surface area contributed by atoms with Crippen LogP contribution >= 0.6 is 11.3 Å². The highest BCUT2D eigenvalue weighted by Gasteiger charge is 2.34.